The van der Waals surface area contributed by atoms with Gasteiger partial charge >= 0.3 is 11.9 Å². The molecule has 24 heavy (non-hydrogen) atoms. The quantitative estimate of drug-likeness (QED) is 0.568. The van der Waals surface area contributed by atoms with Gasteiger partial charge in [-0.3, -0.25) is 0 Å². The van der Waals surface area contributed by atoms with Crippen LogP contribution in [0.3, 0.4) is 0 Å². The van der Waals surface area contributed by atoms with Crippen molar-refractivity contribution < 1.29 is 38.4 Å². The van der Waals surface area contributed by atoms with Gasteiger partial charge in [0.2, 0.25) is 0 Å². The number of hydrogen-bond donors (Lipinski definition) is 1. The summed E-state index contributed by atoms with van der Waals surface area (Å²) in [7, 11) is 0. The number of esters is 1. The van der Waals surface area contributed by atoms with E-state index in [9.17, 15) is 9.59 Å². The molecule has 0 aromatic carbocycles. The Bertz CT molecular complexity index is 433. The minimum atomic E-state index is -0.868. The molecule has 2 unspecified atom stereocenters. The van der Waals surface area contributed by atoms with E-state index in [1.165, 1.54) is 0 Å². The molecule has 0 bridgehead atoms. The van der Waals surface area contributed by atoms with Crippen molar-refractivity contribution in [3.05, 3.63) is 24.3 Å². The van der Waals surface area contributed by atoms with Crippen LogP contribution in [0.25, 0.3) is 0 Å². The summed E-state index contributed by atoms with van der Waals surface area (Å²) >= 11 is 0. The first-order valence-electron chi connectivity index (χ1n) is 7.60. The van der Waals surface area contributed by atoms with E-state index in [4.69, 9.17) is 28.8 Å². The zero-order valence-corrected chi connectivity index (χ0v) is 13.8. The average Bonchev–Trinajstić information content (AvgIpc) is 3.12. The van der Waals surface area contributed by atoms with Crippen LogP contribution in [-0.2, 0) is 33.3 Å². The molecule has 8 nitrogen and oxygen atoms in total. The molecule has 2 fully saturated rings. The summed E-state index contributed by atoms with van der Waals surface area (Å²) in [5, 5.41) is 8.58. The van der Waals surface area contributed by atoms with Gasteiger partial charge in [-0.05, 0) is 19.8 Å². The van der Waals surface area contributed by atoms with Crippen LogP contribution in [0.1, 0.15) is 19.8 Å². The molecule has 0 spiro atoms. The molecule has 2 aliphatic heterocycles. The molecule has 0 aromatic heterocycles. The van der Waals surface area contributed by atoms with E-state index in [0.29, 0.717) is 32.0 Å². The highest BCUT2D eigenvalue weighted by atomic mass is 16.7. The van der Waals surface area contributed by atoms with Crippen molar-refractivity contribution >= 4 is 11.9 Å². The largest absolute Gasteiger partial charge is 0.478 e. The predicted molar refractivity (Wildman–Crippen MR) is 83.2 cm³/mol. The van der Waals surface area contributed by atoms with Gasteiger partial charge in [0.15, 0.2) is 0 Å². The van der Waals surface area contributed by atoms with Crippen LogP contribution >= 0.6 is 0 Å². The summed E-state index contributed by atoms with van der Waals surface area (Å²) in [5.41, 5.74) is 0.370. The molecule has 0 aromatic rings. The van der Waals surface area contributed by atoms with Gasteiger partial charge in [0.05, 0.1) is 19.3 Å². The molecule has 2 aliphatic rings. The van der Waals surface area contributed by atoms with E-state index in [0.717, 1.165) is 12.5 Å². The van der Waals surface area contributed by atoms with E-state index >= 15 is 0 Å². The predicted octanol–water partition coefficient (Wildman–Crippen LogP) is 1.26. The van der Waals surface area contributed by atoms with Crippen LogP contribution in [0.4, 0.5) is 0 Å². The number of carboxylic acids is 1. The number of carboxylic acid groups (broad SMARTS) is 1. The molecule has 2 heterocycles. The lowest BCUT2D eigenvalue weighted by Gasteiger charge is -2.21. The summed E-state index contributed by atoms with van der Waals surface area (Å²) in [5.74, 6) is -1.30. The fraction of sp³-hybridized carbons (Fsp3) is 0.625. The molecule has 0 amide bonds. The third-order valence-corrected chi connectivity index (χ3v) is 3.26. The van der Waals surface area contributed by atoms with E-state index in [1.807, 2.05) is 0 Å². The number of carbonyl (C=O) groups excluding carboxylic acids is 1. The number of carbonyl (C=O) groups is 2. The first kappa shape index (κ1) is 20.3. The van der Waals surface area contributed by atoms with Crippen LogP contribution in [0.2, 0.25) is 0 Å². The monoisotopic (exact) mass is 344 g/mol. The Morgan fingerprint density at radius 3 is 2.50 bits per heavy atom. The Morgan fingerprint density at radius 2 is 1.96 bits per heavy atom. The number of rotatable bonds is 6. The SMILES string of the molecule is C=CC(=O)OCC1COCO1.CC(=CCC1CCOCO1)C(=O)O. The van der Waals surface area contributed by atoms with Crippen LogP contribution in [0.15, 0.2) is 24.3 Å². The van der Waals surface area contributed by atoms with Gasteiger partial charge < -0.3 is 28.8 Å². The van der Waals surface area contributed by atoms with Crippen molar-refractivity contribution in [2.75, 3.05) is 33.4 Å². The topological polar surface area (TPSA) is 101 Å². The van der Waals surface area contributed by atoms with E-state index in [-0.39, 0.29) is 25.6 Å². The van der Waals surface area contributed by atoms with Crippen molar-refractivity contribution in [3.8, 4) is 0 Å². The maximum Gasteiger partial charge on any atom is 0.330 e. The fourth-order valence-corrected chi connectivity index (χ4v) is 1.79. The normalized spacial score (nSPS) is 23.8. The van der Waals surface area contributed by atoms with Crippen LogP contribution in [-0.4, -0.2) is 62.7 Å². The maximum atomic E-state index is 10.5. The molecule has 2 rings (SSSR count). The smallest absolute Gasteiger partial charge is 0.330 e. The van der Waals surface area contributed by atoms with Crippen molar-refractivity contribution in [3.63, 3.8) is 0 Å². The third-order valence-electron chi connectivity index (χ3n) is 3.26. The molecular formula is C16H24O8. The molecule has 8 heteroatoms. The molecule has 0 radical (unpaired) electrons. The Hall–Kier alpha value is -1.74. The van der Waals surface area contributed by atoms with Crippen LogP contribution < -0.4 is 0 Å². The van der Waals surface area contributed by atoms with Crippen molar-refractivity contribution in [2.24, 2.45) is 0 Å². The zero-order valence-electron chi connectivity index (χ0n) is 13.8. The molecule has 0 aliphatic carbocycles. The highest BCUT2D eigenvalue weighted by Gasteiger charge is 2.17. The first-order chi connectivity index (χ1) is 11.5. The lowest BCUT2D eigenvalue weighted by atomic mass is 10.1. The maximum absolute atomic E-state index is 10.5. The van der Waals surface area contributed by atoms with Crippen molar-refractivity contribution in [1.82, 2.24) is 0 Å². The Morgan fingerprint density at radius 1 is 1.25 bits per heavy atom. The second-order valence-electron chi connectivity index (χ2n) is 5.14. The van der Waals surface area contributed by atoms with Gasteiger partial charge in [0.25, 0.3) is 0 Å². The molecule has 2 saturated heterocycles. The second kappa shape index (κ2) is 11.7. The first-order valence-corrected chi connectivity index (χ1v) is 7.60. The highest BCUT2D eigenvalue weighted by Crippen LogP contribution is 2.11. The van der Waals surface area contributed by atoms with Crippen molar-refractivity contribution in [2.45, 2.75) is 32.0 Å². The standard InChI is InChI=1S/C9H14O4.C7H10O4/c1-7(9(10)11)2-3-8-4-5-12-6-13-8;1-2-7(8)10-4-6-3-9-5-11-6/h2,8H,3-6H2,1H3,(H,10,11);2,6H,1,3-5H2. The van der Waals surface area contributed by atoms with Crippen LogP contribution in [0.5, 0.6) is 0 Å². The number of hydrogen-bond acceptors (Lipinski definition) is 7. The third kappa shape index (κ3) is 8.78. The van der Waals surface area contributed by atoms with E-state index in [1.54, 1.807) is 13.0 Å². The van der Waals surface area contributed by atoms with Crippen molar-refractivity contribution in [1.29, 1.82) is 0 Å². The molecule has 1 N–H and O–H groups in total. The zero-order chi connectivity index (χ0) is 17.8. The lowest BCUT2D eigenvalue weighted by molar-refractivity contribution is -0.140. The van der Waals surface area contributed by atoms with Gasteiger partial charge in [0, 0.05) is 11.6 Å². The molecular weight excluding hydrogens is 320 g/mol. The van der Waals surface area contributed by atoms with Gasteiger partial charge in [-0.1, -0.05) is 12.7 Å². The van der Waals surface area contributed by atoms with E-state index in [2.05, 4.69) is 6.58 Å². The average molecular weight is 344 g/mol. The van der Waals surface area contributed by atoms with Gasteiger partial charge in [-0.2, -0.15) is 0 Å². The van der Waals surface area contributed by atoms with Gasteiger partial charge in [-0.15, -0.1) is 0 Å². The van der Waals surface area contributed by atoms with Crippen LogP contribution in [0, 0.1) is 0 Å². The minimum Gasteiger partial charge on any atom is -0.478 e. The Balaban J connectivity index is 0.000000243. The minimum absolute atomic E-state index is 0.112. The lowest BCUT2D eigenvalue weighted by Crippen LogP contribution is -2.23. The Kier molecular flexibility index (Phi) is 9.94. The van der Waals surface area contributed by atoms with E-state index < -0.39 is 11.9 Å². The molecule has 0 saturated carbocycles. The summed E-state index contributed by atoms with van der Waals surface area (Å²) in [6.45, 7) is 6.89. The summed E-state index contributed by atoms with van der Waals surface area (Å²) in [6.07, 6.45) is 4.31. The van der Waals surface area contributed by atoms with Gasteiger partial charge in [0.1, 0.15) is 26.3 Å². The number of aliphatic carboxylic acids is 1. The summed E-state index contributed by atoms with van der Waals surface area (Å²) in [4.78, 5) is 21.0. The van der Waals surface area contributed by atoms with Gasteiger partial charge in [-0.25, -0.2) is 9.59 Å². The highest BCUT2D eigenvalue weighted by molar-refractivity contribution is 5.85. The second-order valence-corrected chi connectivity index (χ2v) is 5.14. The summed E-state index contributed by atoms with van der Waals surface area (Å²) < 4.78 is 24.9. The molecule has 136 valence electrons. The number of ether oxygens (including phenoxy) is 5. The summed E-state index contributed by atoms with van der Waals surface area (Å²) in [6, 6.07) is 0. The fourth-order valence-electron chi connectivity index (χ4n) is 1.79. The molecule has 2 atom stereocenters. The Labute approximate surface area is 141 Å².